The number of Topliss-reactive ketones (excluding diaryl/α,β-unsaturated/α-hetero) is 1. The second-order valence-electron chi connectivity index (χ2n) is 6.80. The lowest BCUT2D eigenvalue weighted by Crippen LogP contribution is -2.43. The summed E-state index contributed by atoms with van der Waals surface area (Å²) in [4.78, 5) is 34.9. The number of nitrogens with one attached hydrogen (secondary N) is 1. The molecule has 0 bridgehead atoms. The summed E-state index contributed by atoms with van der Waals surface area (Å²) in [5, 5.41) is 2.78. The summed E-state index contributed by atoms with van der Waals surface area (Å²) < 4.78 is 27.4. The van der Waals surface area contributed by atoms with Crippen molar-refractivity contribution in [1.29, 1.82) is 0 Å². The van der Waals surface area contributed by atoms with E-state index in [4.69, 9.17) is 4.52 Å². The van der Waals surface area contributed by atoms with Crippen LogP contribution in [0.3, 0.4) is 0 Å². The smallest absolute Gasteiger partial charge is 0.306 e. The van der Waals surface area contributed by atoms with Crippen molar-refractivity contribution in [3.05, 3.63) is 0 Å². The maximum atomic E-state index is 12.8. The van der Waals surface area contributed by atoms with Crippen molar-refractivity contribution < 1.29 is 32.9 Å². The third-order valence-electron chi connectivity index (χ3n) is 4.34. The first kappa shape index (κ1) is 21.8. The highest BCUT2D eigenvalue weighted by Gasteiger charge is 2.45. The van der Waals surface area contributed by atoms with Crippen LogP contribution >= 0.6 is 7.52 Å². The molecule has 1 saturated heterocycles. The predicted molar refractivity (Wildman–Crippen MR) is 91.2 cm³/mol. The lowest BCUT2D eigenvalue weighted by molar-refractivity contribution is -0.141. The zero-order valence-corrected chi connectivity index (χ0v) is 16.2. The summed E-state index contributed by atoms with van der Waals surface area (Å²) in [7, 11) is -0.605. The minimum Gasteiger partial charge on any atom is -0.469 e. The first-order valence-electron chi connectivity index (χ1n) is 8.28. The molecule has 8 nitrogen and oxygen atoms in total. The molecule has 2 atom stereocenters. The van der Waals surface area contributed by atoms with Gasteiger partial charge in [-0.05, 0) is 11.8 Å². The van der Waals surface area contributed by atoms with Gasteiger partial charge in [0.25, 0.3) is 7.52 Å². The van der Waals surface area contributed by atoms with Gasteiger partial charge < -0.3 is 14.0 Å². The Morgan fingerprint density at radius 3 is 2.32 bits per heavy atom. The third kappa shape index (κ3) is 6.88. The van der Waals surface area contributed by atoms with E-state index in [-0.39, 0.29) is 50.3 Å². The van der Waals surface area contributed by atoms with Crippen LogP contribution in [0.5, 0.6) is 0 Å². The van der Waals surface area contributed by atoms with Gasteiger partial charge in [-0.2, -0.15) is 0 Å². The molecule has 25 heavy (non-hydrogen) atoms. The lowest BCUT2D eigenvalue weighted by atomic mass is 9.77. The maximum Gasteiger partial charge on any atom is 0.306 e. The number of carbonyl (C=O) groups is 3. The molecule has 0 aromatic carbocycles. The maximum absolute atomic E-state index is 12.8. The SMILES string of the molecule is COC(=O)CCCC(=O)[C@@H]1CP(=O)(NCCC(=O)OC)OCC1(C)C. The lowest BCUT2D eigenvalue weighted by Gasteiger charge is -2.41. The van der Waals surface area contributed by atoms with Crippen molar-refractivity contribution >= 4 is 25.2 Å². The Balaban J connectivity index is 2.63. The summed E-state index contributed by atoms with van der Waals surface area (Å²) in [6, 6.07) is 0. The van der Waals surface area contributed by atoms with Gasteiger partial charge in [-0.3, -0.25) is 18.9 Å². The highest BCUT2D eigenvalue weighted by atomic mass is 31.2. The molecule has 1 fully saturated rings. The summed E-state index contributed by atoms with van der Waals surface area (Å²) >= 11 is 0. The molecule has 9 heteroatoms. The van der Waals surface area contributed by atoms with E-state index in [0.29, 0.717) is 6.42 Å². The normalized spacial score (nSPS) is 25.2. The number of esters is 2. The number of carbonyl (C=O) groups excluding carboxylic acids is 3. The molecule has 1 rings (SSSR count). The van der Waals surface area contributed by atoms with Gasteiger partial charge in [0.05, 0.1) is 27.2 Å². The molecule has 1 N–H and O–H groups in total. The van der Waals surface area contributed by atoms with Crippen LogP contribution in [-0.2, 0) is 32.9 Å². The summed E-state index contributed by atoms with van der Waals surface area (Å²) in [5.41, 5.74) is -0.444. The molecule has 0 spiro atoms. The predicted octanol–water partition coefficient (Wildman–Crippen LogP) is 1.92. The fourth-order valence-electron chi connectivity index (χ4n) is 2.67. The van der Waals surface area contributed by atoms with Crippen molar-refractivity contribution in [1.82, 2.24) is 5.09 Å². The second-order valence-corrected chi connectivity index (χ2v) is 9.09. The van der Waals surface area contributed by atoms with Gasteiger partial charge >= 0.3 is 11.9 Å². The molecule has 1 aliphatic rings. The van der Waals surface area contributed by atoms with Gasteiger partial charge in [-0.15, -0.1) is 0 Å². The van der Waals surface area contributed by atoms with Crippen LogP contribution in [0.25, 0.3) is 0 Å². The molecule has 1 heterocycles. The van der Waals surface area contributed by atoms with E-state index < -0.39 is 24.8 Å². The number of ether oxygens (including phenoxy) is 2. The van der Waals surface area contributed by atoms with Crippen LogP contribution in [0.4, 0.5) is 0 Å². The fraction of sp³-hybridized carbons (Fsp3) is 0.812. The van der Waals surface area contributed by atoms with Gasteiger partial charge in [-0.25, -0.2) is 5.09 Å². The summed E-state index contributed by atoms with van der Waals surface area (Å²) in [5.74, 6) is -1.23. The molecule has 0 saturated carbocycles. The Kier molecular flexibility index (Phi) is 8.25. The highest BCUT2D eigenvalue weighted by molar-refractivity contribution is 7.57. The fourth-order valence-corrected chi connectivity index (χ4v) is 5.17. The first-order valence-corrected chi connectivity index (χ1v) is 10.1. The first-order chi connectivity index (χ1) is 11.6. The molecular formula is C16H28NO7P. The minimum absolute atomic E-state index is 0.0350. The van der Waals surface area contributed by atoms with E-state index in [2.05, 4.69) is 14.6 Å². The largest absolute Gasteiger partial charge is 0.469 e. The van der Waals surface area contributed by atoms with Crippen LogP contribution in [0.1, 0.15) is 39.5 Å². The standard InChI is InChI=1S/C16H28NO7P/c1-16(2)11-24-25(21,17-9-8-15(20)23-4)10-12(16)13(18)6-5-7-14(19)22-3/h12H,5-11H2,1-4H3,(H,17,21)/t12-,25?/m0/s1. The van der Waals surface area contributed by atoms with Crippen molar-refractivity contribution in [2.45, 2.75) is 39.5 Å². The molecule has 0 amide bonds. The number of rotatable bonds is 9. The van der Waals surface area contributed by atoms with Crippen molar-refractivity contribution in [2.24, 2.45) is 11.3 Å². The van der Waals surface area contributed by atoms with Crippen LogP contribution in [0.15, 0.2) is 0 Å². The molecule has 1 unspecified atom stereocenters. The van der Waals surface area contributed by atoms with Gasteiger partial charge in [0.15, 0.2) is 0 Å². The highest BCUT2D eigenvalue weighted by Crippen LogP contribution is 2.53. The summed E-state index contributed by atoms with van der Waals surface area (Å²) in [6.07, 6.45) is 0.967. The molecule has 144 valence electrons. The molecule has 0 aliphatic carbocycles. The number of methoxy groups -OCH3 is 2. The van der Waals surface area contributed by atoms with E-state index in [0.717, 1.165) is 0 Å². The average Bonchev–Trinajstić information content (AvgIpc) is 2.56. The van der Waals surface area contributed by atoms with Crippen LogP contribution < -0.4 is 5.09 Å². The van der Waals surface area contributed by atoms with Gasteiger partial charge in [0, 0.05) is 31.5 Å². The molecule has 0 radical (unpaired) electrons. The Hall–Kier alpha value is -1.24. The van der Waals surface area contributed by atoms with Crippen LogP contribution in [-0.4, -0.2) is 51.3 Å². The van der Waals surface area contributed by atoms with Crippen LogP contribution in [0.2, 0.25) is 0 Å². The molecule has 0 aromatic rings. The Labute approximate surface area is 148 Å². The Morgan fingerprint density at radius 1 is 1.12 bits per heavy atom. The Bertz CT molecular complexity index is 547. The van der Waals surface area contributed by atoms with E-state index in [1.807, 2.05) is 13.8 Å². The average molecular weight is 377 g/mol. The minimum atomic E-state index is -3.20. The van der Waals surface area contributed by atoms with Gasteiger partial charge in [0.1, 0.15) is 5.78 Å². The topological polar surface area (TPSA) is 108 Å². The van der Waals surface area contributed by atoms with E-state index in [9.17, 15) is 18.9 Å². The molecule has 1 aliphatic heterocycles. The van der Waals surface area contributed by atoms with Gasteiger partial charge in [-0.1, -0.05) is 13.8 Å². The second kappa shape index (κ2) is 9.46. The molecule has 0 aromatic heterocycles. The van der Waals surface area contributed by atoms with E-state index in [1.165, 1.54) is 14.2 Å². The van der Waals surface area contributed by atoms with E-state index >= 15 is 0 Å². The zero-order chi connectivity index (χ0) is 19.1. The summed E-state index contributed by atoms with van der Waals surface area (Å²) in [6.45, 7) is 4.14. The molecular weight excluding hydrogens is 349 g/mol. The van der Waals surface area contributed by atoms with E-state index in [1.54, 1.807) is 0 Å². The Morgan fingerprint density at radius 2 is 1.72 bits per heavy atom. The number of hydrogen-bond acceptors (Lipinski definition) is 7. The number of ketones is 1. The monoisotopic (exact) mass is 377 g/mol. The van der Waals surface area contributed by atoms with Gasteiger partial charge in [0.2, 0.25) is 0 Å². The quantitative estimate of drug-likeness (QED) is 0.480. The zero-order valence-electron chi connectivity index (χ0n) is 15.3. The van der Waals surface area contributed by atoms with Crippen molar-refractivity contribution in [3.8, 4) is 0 Å². The third-order valence-corrected chi connectivity index (χ3v) is 6.44. The van der Waals surface area contributed by atoms with Crippen molar-refractivity contribution in [2.75, 3.05) is 33.5 Å². The van der Waals surface area contributed by atoms with Crippen LogP contribution in [0, 0.1) is 11.3 Å². The number of hydrogen-bond donors (Lipinski definition) is 1. The van der Waals surface area contributed by atoms with Crippen molar-refractivity contribution in [3.63, 3.8) is 0 Å².